The highest BCUT2D eigenvalue weighted by Crippen LogP contribution is 2.25. The van der Waals surface area contributed by atoms with Crippen LogP contribution in [-0.4, -0.2) is 65.2 Å². The van der Waals surface area contributed by atoms with Crippen molar-refractivity contribution in [2.24, 2.45) is 13.0 Å². The number of likely N-dealkylation sites (tertiary alicyclic amines) is 1. The molecule has 0 spiro atoms. The lowest BCUT2D eigenvalue weighted by Gasteiger charge is -2.32. The smallest absolute Gasteiger partial charge is 0.270 e. The van der Waals surface area contributed by atoms with Crippen LogP contribution in [0.1, 0.15) is 36.2 Å². The van der Waals surface area contributed by atoms with E-state index in [0.717, 1.165) is 12.8 Å². The van der Waals surface area contributed by atoms with Crippen LogP contribution in [-0.2, 0) is 21.9 Å². The first kappa shape index (κ1) is 21.0. The minimum atomic E-state index is -3.59. The zero-order valence-corrected chi connectivity index (χ0v) is 18.4. The predicted octanol–water partition coefficient (Wildman–Crippen LogP) is 1.76. The van der Waals surface area contributed by atoms with Crippen LogP contribution in [0.4, 0.5) is 5.13 Å². The van der Waals surface area contributed by atoms with Crippen LogP contribution in [0, 0.1) is 5.92 Å². The second-order valence-electron chi connectivity index (χ2n) is 7.70. The van der Waals surface area contributed by atoms with Crippen LogP contribution in [0.2, 0.25) is 0 Å². The number of nitrogens with one attached hydrogen (secondary N) is 1. The second kappa shape index (κ2) is 8.48. The summed E-state index contributed by atoms with van der Waals surface area (Å²) >= 11 is 1.35. The van der Waals surface area contributed by atoms with E-state index in [4.69, 9.17) is 0 Å². The number of thiazole rings is 1. The van der Waals surface area contributed by atoms with E-state index in [1.165, 1.54) is 27.9 Å². The third-order valence-corrected chi connectivity index (χ3v) is 8.20. The molecule has 0 saturated carbocycles. The van der Waals surface area contributed by atoms with Crippen LogP contribution >= 0.6 is 11.3 Å². The van der Waals surface area contributed by atoms with E-state index >= 15 is 0 Å². The molecule has 4 rings (SSSR count). The Labute approximate surface area is 179 Å². The number of aryl methyl sites for hydroxylation is 1. The molecular formula is C19H25N5O4S2. The number of aromatic nitrogens is 2. The minimum absolute atomic E-state index is 0.144. The number of amides is 2. The number of sulfonamides is 1. The van der Waals surface area contributed by atoms with E-state index in [9.17, 15) is 18.0 Å². The van der Waals surface area contributed by atoms with Crippen LogP contribution in [0.3, 0.4) is 0 Å². The highest BCUT2D eigenvalue weighted by molar-refractivity contribution is 7.89. The van der Waals surface area contributed by atoms with Gasteiger partial charge in [-0.1, -0.05) is 0 Å². The molecule has 4 heterocycles. The Kier molecular flexibility index (Phi) is 5.94. The highest BCUT2D eigenvalue weighted by Gasteiger charge is 2.33. The fourth-order valence-corrected chi connectivity index (χ4v) is 6.12. The molecule has 162 valence electrons. The van der Waals surface area contributed by atoms with Gasteiger partial charge < -0.3 is 14.8 Å². The molecule has 0 aliphatic carbocycles. The summed E-state index contributed by atoms with van der Waals surface area (Å²) in [6, 6.07) is 1.45. The molecule has 9 nitrogen and oxygen atoms in total. The maximum absolute atomic E-state index is 13.1. The molecular weight excluding hydrogens is 426 g/mol. The average molecular weight is 452 g/mol. The maximum atomic E-state index is 13.1. The first-order valence-corrected chi connectivity index (χ1v) is 12.3. The third kappa shape index (κ3) is 4.14. The SMILES string of the molecule is Cn1cc(S(=O)(=O)N2CCCC2)cc1C(=O)N1CCCC(C(=O)Nc2nccs2)C1. The van der Waals surface area contributed by atoms with Crippen molar-refractivity contribution in [2.45, 2.75) is 30.6 Å². The van der Waals surface area contributed by atoms with Crippen LogP contribution < -0.4 is 5.32 Å². The summed E-state index contributed by atoms with van der Waals surface area (Å²) in [5.74, 6) is -0.724. The van der Waals surface area contributed by atoms with E-state index in [0.29, 0.717) is 49.8 Å². The molecule has 2 aliphatic rings. The van der Waals surface area contributed by atoms with Crippen molar-refractivity contribution >= 4 is 38.3 Å². The fourth-order valence-electron chi connectivity index (χ4n) is 4.00. The lowest BCUT2D eigenvalue weighted by Crippen LogP contribution is -2.44. The summed E-state index contributed by atoms with van der Waals surface area (Å²) in [5, 5.41) is 5.13. The number of anilines is 1. The number of carbonyl (C=O) groups excluding carboxylic acids is 2. The van der Waals surface area contributed by atoms with Gasteiger partial charge in [-0.3, -0.25) is 9.59 Å². The van der Waals surface area contributed by atoms with Gasteiger partial charge in [0.05, 0.1) is 5.92 Å². The Balaban J connectivity index is 1.47. The summed E-state index contributed by atoms with van der Waals surface area (Å²) in [6.45, 7) is 1.87. The molecule has 0 bridgehead atoms. The fraction of sp³-hybridized carbons (Fsp3) is 0.526. The highest BCUT2D eigenvalue weighted by atomic mass is 32.2. The van der Waals surface area contributed by atoms with Crippen molar-refractivity contribution in [3.05, 3.63) is 29.5 Å². The minimum Gasteiger partial charge on any atom is -0.345 e. The summed E-state index contributed by atoms with van der Waals surface area (Å²) in [5.41, 5.74) is 0.314. The quantitative estimate of drug-likeness (QED) is 0.746. The monoisotopic (exact) mass is 451 g/mol. The lowest BCUT2D eigenvalue weighted by molar-refractivity contribution is -0.121. The largest absolute Gasteiger partial charge is 0.345 e. The molecule has 1 atom stereocenters. The number of rotatable bonds is 5. The van der Waals surface area contributed by atoms with Gasteiger partial charge in [-0.25, -0.2) is 13.4 Å². The molecule has 0 radical (unpaired) electrons. The molecule has 2 aromatic rings. The Bertz CT molecular complexity index is 1030. The zero-order valence-electron chi connectivity index (χ0n) is 16.8. The van der Waals surface area contributed by atoms with E-state index in [1.54, 1.807) is 28.1 Å². The maximum Gasteiger partial charge on any atom is 0.270 e. The molecule has 2 saturated heterocycles. The number of carbonyl (C=O) groups is 2. The molecule has 2 fully saturated rings. The molecule has 1 N–H and O–H groups in total. The van der Waals surface area contributed by atoms with Crippen LogP contribution in [0.15, 0.2) is 28.7 Å². The van der Waals surface area contributed by atoms with E-state index < -0.39 is 10.0 Å². The van der Waals surface area contributed by atoms with Crippen molar-refractivity contribution in [3.63, 3.8) is 0 Å². The van der Waals surface area contributed by atoms with Crippen molar-refractivity contribution < 1.29 is 18.0 Å². The number of piperidine rings is 1. The van der Waals surface area contributed by atoms with Crippen LogP contribution in [0.5, 0.6) is 0 Å². The average Bonchev–Trinajstić information content (AvgIpc) is 3.49. The van der Waals surface area contributed by atoms with E-state index in [1.807, 2.05) is 0 Å². The van der Waals surface area contributed by atoms with Gasteiger partial charge in [0.25, 0.3) is 5.91 Å². The molecule has 2 amide bonds. The van der Waals surface area contributed by atoms with Gasteiger partial charge in [0.1, 0.15) is 10.6 Å². The van der Waals surface area contributed by atoms with Gasteiger partial charge in [0, 0.05) is 51.0 Å². The Morgan fingerprint density at radius 3 is 2.67 bits per heavy atom. The summed E-state index contributed by atoms with van der Waals surface area (Å²) in [4.78, 5) is 31.5. The van der Waals surface area contributed by atoms with E-state index in [-0.39, 0.29) is 22.6 Å². The van der Waals surface area contributed by atoms with Gasteiger partial charge in [0.15, 0.2) is 5.13 Å². The number of hydrogen-bond acceptors (Lipinski definition) is 6. The van der Waals surface area contributed by atoms with Gasteiger partial charge in [-0.15, -0.1) is 11.3 Å². The van der Waals surface area contributed by atoms with E-state index in [2.05, 4.69) is 10.3 Å². The lowest BCUT2D eigenvalue weighted by atomic mass is 9.97. The topological polar surface area (TPSA) is 105 Å². The van der Waals surface area contributed by atoms with Crippen molar-refractivity contribution in [3.8, 4) is 0 Å². The standard InChI is InChI=1S/C19H25N5O4S2/c1-22-13-15(30(27,28)24-8-2-3-9-24)11-16(22)18(26)23-7-4-5-14(12-23)17(25)21-19-20-6-10-29-19/h6,10-11,13-14H,2-5,7-9,12H2,1H3,(H,20,21,25). The van der Waals surface area contributed by atoms with Gasteiger partial charge in [0.2, 0.25) is 15.9 Å². The number of hydrogen-bond donors (Lipinski definition) is 1. The predicted molar refractivity (Wildman–Crippen MR) is 113 cm³/mol. The molecule has 0 aromatic carbocycles. The normalized spacial score (nSPS) is 20.4. The Morgan fingerprint density at radius 1 is 1.20 bits per heavy atom. The summed E-state index contributed by atoms with van der Waals surface area (Å²) in [6.07, 6.45) is 6.25. The molecule has 2 aliphatic heterocycles. The molecule has 1 unspecified atom stereocenters. The Hall–Kier alpha value is -2.24. The van der Waals surface area contributed by atoms with Gasteiger partial charge in [-0.2, -0.15) is 4.31 Å². The number of nitrogens with zero attached hydrogens (tertiary/aromatic N) is 4. The van der Waals surface area contributed by atoms with Crippen molar-refractivity contribution in [1.82, 2.24) is 18.8 Å². The van der Waals surface area contributed by atoms with Gasteiger partial charge >= 0.3 is 0 Å². The first-order chi connectivity index (χ1) is 14.4. The van der Waals surface area contributed by atoms with Crippen molar-refractivity contribution in [1.29, 1.82) is 0 Å². The zero-order chi connectivity index (χ0) is 21.3. The third-order valence-electron chi connectivity index (χ3n) is 5.64. The molecule has 2 aromatic heterocycles. The molecule has 11 heteroatoms. The second-order valence-corrected chi connectivity index (χ2v) is 10.5. The summed E-state index contributed by atoms with van der Waals surface area (Å²) in [7, 11) is -1.91. The van der Waals surface area contributed by atoms with Crippen molar-refractivity contribution in [2.75, 3.05) is 31.5 Å². The first-order valence-electron chi connectivity index (χ1n) is 10.0. The Morgan fingerprint density at radius 2 is 1.97 bits per heavy atom. The van der Waals surface area contributed by atoms with Crippen LogP contribution in [0.25, 0.3) is 0 Å². The summed E-state index contributed by atoms with van der Waals surface area (Å²) < 4.78 is 28.7. The van der Waals surface area contributed by atoms with Gasteiger partial charge in [-0.05, 0) is 31.7 Å². The molecule has 30 heavy (non-hydrogen) atoms.